The molecule has 7 heteroatoms. The maximum atomic E-state index is 12.3. The van der Waals surface area contributed by atoms with Gasteiger partial charge in [-0.3, -0.25) is 9.30 Å². The molecule has 4 nitrogen and oxygen atoms in total. The van der Waals surface area contributed by atoms with Gasteiger partial charge in [-0.25, -0.2) is 8.42 Å². The largest absolute Gasteiger partial charge is 0.270 e. The van der Waals surface area contributed by atoms with E-state index in [1.165, 1.54) is 22.5 Å². The Bertz CT molecular complexity index is 584. The van der Waals surface area contributed by atoms with Crippen LogP contribution in [-0.4, -0.2) is 31.6 Å². The van der Waals surface area contributed by atoms with E-state index in [2.05, 4.69) is 4.99 Å². The highest BCUT2D eigenvalue weighted by Gasteiger charge is 2.29. The van der Waals surface area contributed by atoms with E-state index < -0.39 is 10.0 Å². The fourth-order valence-corrected chi connectivity index (χ4v) is 3.85. The molecule has 1 aromatic rings. The monoisotopic (exact) mass is 292 g/mol. The summed E-state index contributed by atoms with van der Waals surface area (Å²) in [7, 11) is -3.62. The van der Waals surface area contributed by atoms with Crippen molar-refractivity contribution in [1.82, 2.24) is 4.31 Å². The molecule has 0 saturated carbocycles. The van der Waals surface area contributed by atoms with E-state index in [0.29, 0.717) is 23.9 Å². The summed E-state index contributed by atoms with van der Waals surface area (Å²) in [5.74, 6) is 0.482. The highest BCUT2D eigenvalue weighted by Crippen LogP contribution is 2.28. The summed E-state index contributed by atoms with van der Waals surface area (Å²) in [4.78, 5) is 4.11. The molecule has 0 spiro atoms. The first-order chi connectivity index (χ1) is 7.93. The SMILES string of the molecule is CC1=NCCN1S(=O)(=O)c1ccc(Cl)cc1Cl. The van der Waals surface area contributed by atoms with Crippen molar-refractivity contribution in [3.63, 3.8) is 0 Å². The van der Waals surface area contributed by atoms with Crippen LogP contribution in [0.25, 0.3) is 0 Å². The van der Waals surface area contributed by atoms with E-state index in [0.717, 1.165) is 0 Å². The maximum Gasteiger partial charge on any atom is 0.266 e. The molecule has 0 aliphatic carbocycles. The third-order valence-corrected chi connectivity index (χ3v) is 5.07. The molecule has 0 atom stereocenters. The lowest BCUT2D eigenvalue weighted by Crippen LogP contribution is -2.32. The van der Waals surface area contributed by atoms with Crippen LogP contribution in [0, 0.1) is 0 Å². The average molecular weight is 293 g/mol. The van der Waals surface area contributed by atoms with Gasteiger partial charge in [0.05, 0.1) is 18.1 Å². The van der Waals surface area contributed by atoms with Crippen molar-refractivity contribution in [3.8, 4) is 0 Å². The van der Waals surface area contributed by atoms with Crippen LogP contribution >= 0.6 is 23.2 Å². The first kappa shape index (κ1) is 12.7. The van der Waals surface area contributed by atoms with Gasteiger partial charge in [0, 0.05) is 5.02 Å². The Labute approximate surface area is 110 Å². The molecule has 2 rings (SSSR count). The van der Waals surface area contributed by atoms with E-state index in [1.54, 1.807) is 6.92 Å². The first-order valence-corrected chi connectivity index (χ1v) is 7.11. The minimum Gasteiger partial charge on any atom is -0.270 e. The quantitative estimate of drug-likeness (QED) is 0.840. The van der Waals surface area contributed by atoms with E-state index in [-0.39, 0.29) is 9.92 Å². The van der Waals surface area contributed by atoms with Gasteiger partial charge in [0.25, 0.3) is 10.0 Å². The fraction of sp³-hybridized carbons (Fsp3) is 0.300. The first-order valence-electron chi connectivity index (χ1n) is 4.92. The highest BCUT2D eigenvalue weighted by atomic mass is 35.5. The summed E-state index contributed by atoms with van der Waals surface area (Å²) in [6.07, 6.45) is 0. The maximum absolute atomic E-state index is 12.3. The molecule has 1 heterocycles. The Balaban J connectivity index is 2.49. The molecule has 0 saturated heterocycles. The minimum atomic E-state index is -3.62. The molecule has 0 unspecified atom stereocenters. The second-order valence-electron chi connectivity index (χ2n) is 3.58. The van der Waals surface area contributed by atoms with Gasteiger partial charge in [0.1, 0.15) is 10.7 Å². The molecule has 92 valence electrons. The Hall–Kier alpha value is -0.780. The van der Waals surface area contributed by atoms with Crippen molar-refractivity contribution in [2.24, 2.45) is 4.99 Å². The topological polar surface area (TPSA) is 49.7 Å². The number of benzene rings is 1. The van der Waals surface area contributed by atoms with Gasteiger partial charge in [-0.05, 0) is 25.1 Å². The van der Waals surface area contributed by atoms with Gasteiger partial charge in [-0.1, -0.05) is 23.2 Å². The molecule has 0 bridgehead atoms. The van der Waals surface area contributed by atoms with Crippen LogP contribution in [0.5, 0.6) is 0 Å². The minimum absolute atomic E-state index is 0.0556. The zero-order chi connectivity index (χ0) is 12.6. The van der Waals surface area contributed by atoms with Gasteiger partial charge >= 0.3 is 0 Å². The standard InChI is InChI=1S/C10H10Cl2N2O2S/c1-7-13-4-5-14(7)17(15,16)10-3-2-8(11)6-9(10)12/h2-3,6H,4-5H2,1H3. The molecule has 0 amide bonds. The highest BCUT2D eigenvalue weighted by molar-refractivity contribution is 7.89. The zero-order valence-corrected chi connectivity index (χ0v) is 11.3. The lowest BCUT2D eigenvalue weighted by molar-refractivity contribution is 0.537. The average Bonchev–Trinajstić information content (AvgIpc) is 2.64. The van der Waals surface area contributed by atoms with Crippen molar-refractivity contribution < 1.29 is 8.42 Å². The van der Waals surface area contributed by atoms with Gasteiger partial charge in [-0.15, -0.1) is 0 Å². The molecule has 0 aromatic heterocycles. The summed E-state index contributed by atoms with van der Waals surface area (Å²) in [5, 5.41) is 0.526. The number of rotatable bonds is 2. The van der Waals surface area contributed by atoms with E-state index in [4.69, 9.17) is 23.2 Å². The molecule has 0 N–H and O–H groups in total. The van der Waals surface area contributed by atoms with Crippen LogP contribution in [0.2, 0.25) is 10.0 Å². The van der Waals surface area contributed by atoms with Crippen LogP contribution in [0.4, 0.5) is 0 Å². The number of hydrogen-bond acceptors (Lipinski definition) is 3. The van der Waals surface area contributed by atoms with Crippen molar-refractivity contribution >= 4 is 39.1 Å². The molecule has 1 aliphatic rings. The Morgan fingerprint density at radius 2 is 2.06 bits per heavy atom. The van der Waals surface area contributed by atoms with Gasteiger partial charge in [0.15, 0.2) is 0 Å². The lowest BCUT2D eigenvalue weighted by atomic mass is 10.4. The van der Waals surface area contributed by atoms with Crippen molar-refractivity contribution in [1.29, 1.82) is 0 Å². The van der Waals surface area contributed by atoms with Crippen LogP contribution in [-0.2, 0) is 10.0 Å². The van der Waals surface area contributed by atoms with E-state index in [9.17, 15) is 8.42 Å². The van der Waals surface area contributed by atoms with Crippen LogP contribution < -0.4 is 0 Å². The number of nitrogens with zero attached hydrogens (tertiary/aromatic N) is 2. The van der Waals surface area contributed by atoms with E-state index in [1.807, 2.05) is 0 Å². The third-order valence-electron chi connectivity index (χ3n) is 2.47. The normalized spacial score (nSPS) is 16.2. The van der Waals surface area contributed by atoms with Gasteiger partial charge < -0.3 is 0 Å². The molecular weight excluding hydrogens is 283 g/mol. The lowest BCUT2D eigenvalue weighted by Gasteiger charge is -2.19. The van der Waals surface area contributed by atoms with Crippen molar-refractivity contribution in [2.45, 2.75) is 11.8 Å². The fourth-order valence-electron chi connectivity index (χ4n) is 1.64. The summed E-state index contributed by atoms with van der Waals surface area (Å²) < 4.78 is 25.8. The molecule has 1 aliphatic heterocycles. The Kier molecular flexibility index (Phi) is 3.34. The smallest absolute Gasteiger partial charge is 0.266 e. The van der Waals surface area contributed by atoms with E-state index >= 15 is 0 Å². The predicted molar refractivity (Wildman–Crippen MR) is 68.3 cm³/mol. The van der Waals surface area contributed by atoms with Gasteiger partial charge in [0.2, 0.25) is 0 Å². The van der Waals surface area contributed by atoms with Crippen LogP contribution in [0.15, 0.2) is 28.1 Å². The molecule has 0 fully saturated rings. The molecule has 1 aromatic carbocycles. The second-order valence-corrected chi connectivity index (χ2v) is 6.26. The number of aliphatic imine (C=N–C) groups is 1. The van der Waals surface area contributed by atoms with Crippen molar-refractivity contribution in [2.75, 3.05) is 13.1 Å². The Morgan fingerprint density at radius 1 is 1.35 bits per heavy atom. The summed E-state index contributed by atoms with van der Waals surface area (Å²) in [6.45, 7) is 2.50. The summed E-state index contributed by atoms with van der Waals surface area (Å²) in [5.41, 5.74) is 0. The van der Waals surface area contributed by atoms with Crippen molar-refractivity contribution in [3.05, 3.63) is 28.2 Å². The Morgan fingerprint density at radius 3 is 2.59 bits per heavy atom. The van der Waals surface area contributed by atoms with Gasteiger partial charge in [-0.2, -0.15) is 0 Å². The molecule has 17 heavy (non-hydrogen) atoms. The zero-order valence-electron chi connectivity index (χ0n) is 9.02. The van der Waals surface area contributed by atoms with Crippen LogP contribution in [0.3, 0.4) is 0 Å². The second kappa shape index (κ2) is 4.48. The van der Waals surface area contributed by atoms with Crippen LogP contribution in [0.1, 0.15) is 6.92 Å². The summed E-state index contributed by atoms with van der Waals surface area (Å²) >= 11 is 11.6. The number of sulfonamides is 1. The number of amidine groups is 1. The molecular formula is C10H10Cl2N2O2S. The third kappa shape index (κ3) is 2.27. The number of halogens is 2. The molecule has 0 radical (unpaired) electrons. The predicted octanol–water partition coefficient (Wildman–Crippen LogP) is 2.42. The summed E-state index contributed by atoms with van der Waals surface area (Å²) in [6, 6.07) is 4.33. The number of hydrogen-bond donors (Lipinski definition) is 0.